The summed E-state index contributed by atoms with van der Waals surface area (Å²) in [5.74, 6) is 0.373. The SMILES string of the molecule is CC(=O)NC1CCOc2ccc(-c3csc(NC(=O)/C=C/c4ccc(Cl)c(Cl)c4)n3)cc21. The van der Waals surface area contributed by atoms with Crippen molar-refractivity contribution in [2.24, 2.45) is 0 Å². The smallest absolute Gasteiger partial charge is 0.250 e. The van der Waals surface area contributed by atoms with Gasteiger partial charge < -0.3 is 10.1 Å². The van der Waals surface area contributed by atoms with Gasteiger partial charge in [0.25, 0.3) is 0 Å². The summed E-state index contributed by atoms with van der Waals surface area (Å²) in [5, 5.41) is 8.97. The summed E-state index contributed by atoms with van der Waals surface area (Å²) in [7, 11) is 0. The highest BCUT2D eigenvalue weighted by Gasteiger charge is 2.23. The molecule has 2 heterocycles. The van der Waals surface area contributed by atoms with E-state index in [2.05, 4.69) is 15.6 Å². The highest BCUT2D eigenvalue weighted by Crippen LogP contribution is 2.36. The number of amides is 2. The number of carbonyl (C=O) groups excluding carboxylic acids is 2. The van der Waals surface area contributed by atoms with Crippen LogP contribution in [0.2, 0.25) is 10.0 Å². The number of carbonyl (C=O) groups is 2. The molecule has 2 amide bonds. The summed E-state index contributed by atoms with van der Waals surface area (Å²) in [5.41, 5.74) is 3.30. The van der Waals surface area contributed by atoms with E-state index in [0.29, 0.717) is 28.2 Å². The highest BCUT2D eigenvalue weighted by atomic mass is 35.5. The average Bonchev–Trinajstić information content (AvgIpc) is 3.22. The van der Waals surface area contributed by atoms with Gasteiger partial charge in [-0.3, -0.25) is 14.9 Å². The molecule has 1 aliphatic heterocycles. The number of anilines is 1. The van der Waals surface area contributed by atoms with Crippen molar-refractivity contribution in [3.05, 3.63) is 69.0 Å². The summed E-state index contributed by atoms with van der Waals surface area (Å²) in [6.07, 6.45) is 3.77. The molecule has 2 aromatic carbocycles. The minimum absolute atomic E-state index is 0.0826. The van der Waals surface area contributed by atoms with Crippen molar-refractivity contribution in [2.75, 3.05) is 11.9 Å². The van der Waals surface area contributed by atoms with Crippen LogP contribution in [0.4, 0.5) is 5.13 Å². The third kappa shape index (κ3) is 5.30. The van der Waals surface area contributed by atoms with Crippen molar-refractivity contribution in [3.63, 3.8) is 0 Å². The monoisotopic (exact) mass is 487 g/mol. The molecule has 1 unspecified atom stereocenters. The van der Waals surface area contributed by atoms with Gasteiger partial charge in [0.05, 0.1) is 28.4 Å². The second-order valence-electron chi connectivity index (χ2n) is 7.18. The zero-order chi connectivity index (χ0) is 22.7. The Balaban J connectivity index is 1.46. The molecule has 6 nitrogen and oxygen atoms in total. The number of hydrogen-bond acceptors (Lipinski definition) is 5. The van der Waals surface area contributed by atoms with Gasteiger partial charge in [0, 0.05) is 35.9 Å². The van der Waals surface area contributed by atoms with Gasteiger partial charge in [-0.2, -0.15) is 0 Å². The number of rotatable bonds is 5. The first kappa shape index (κ1) is 22.3. The van der Waals surface area contributed by atoms with Crippen LogP contribution in [0.15, 0.2) is 47.9 Å². The van der Waals surface area contributed by atoms with Crippen LogP contribution < -0.4 is 15.4 Å². The summed E-state index contributed by atoms with van der Waals surface area (Å²) >= 11 is 13.2. The summed E-state index contributed by atoms with van der Waals surface area (Å²) in [6, 6.07) is 10.8. The van der Waals surface area contributed by atoms with Crippen molar-refractivity contribution in [2.45, 2.75) is 19.4 Å². The number of thiazole rings is 1. The first-order valence-corrected chi connectivity index (χ1v) is 11.5. The molecular formula is C23H19Cl2N3O3S. The minimum Gasteiger partial charge on any atom is -0.493 e. The molecule has 0 bridgehead atoms. The molecule has 0 spiro atoms. The summed E-state index contributed by atoms with van der Waals surface area (Å²) in [6.45, 7) is 2.06. The van der Waals surface area contributed by atoms with E-state index in [1.807, 2.05) is 23.6 Å². The molecule has 1 aliphatic rings. The van der Waals surface area contributed by atoms with Gasteiger partial charge in [0.15, 0.2) is 5.13 Å². The minimum atomic E-state index is -0.304. The van der Waals surface area contributed by atoms with Crippen LogP contribution in [-0.4, -0.2) is 23.4 Å². The van der Waals surface area contributed by atoms with E-state index in [-0.39, 0.29) is 17.9 Å². The van der Waals surface area contributed by atoms with Gasteiger partial charge in [-0.05, 0) is 42.0 Å². The van der Waals surface area contributed by atoms with E-state index in [1.54, 1.807) is 24.3 Å². The molecule has 164 valence electrons. The fourth-order valence-corrected chi connectivity index (χ4v) is 4.38. The third-order valence-corrected chi connectivity index (χ3v) is 6.32. The van der Waals surface area contributed by atoms with Gasteiger partial charge in [-0.15, -0.1) is 11.3 Å². The van der Waals surface area contributed by atoms with Crippen molar-refractivity contribution >= 4 is 57.6 Å². The molecule has 32 heavy (non-hydrogen) atoms. The molecule has 0 saturated heterocycles. The van der Waals surface area contributed by atoms with E-state index in [9.17, 15) is 9.59 Å². The lowest BCUT2D eigenvalue weighted by Crippen LogP contribution is -2.30. The second kappa shape index (κ2) is 9.73. The molecular weight excluding hydrogens is 469 g/mol. The Hall–Kier alpha value is -2.87. The molecule has 2 N–H and O–H groups in total. The quantitative estimate of drug-likeness (QED) is 0.450. The number of halogens is 2. The zero-order valence-electron chi connectivity index (χ0n) is 17.0. The zero-order valence-corrected chi connectivity index (χ0v) is 19.4. The maximum absolute atomic E-state index is 12.3. The van der Waals surface area contributed by atoms with Crippen LogP contribution in [0, 0.1) is 0 Å². The number of benzene rings is 2. The van der Waals surface area contributed by atoms with E-state index >= 15 is 0 Å². The summed E-state index contributed by atoms with van der Waals surface area (Å²) < 4.78 is 5.71. The van der Waals surface area contributed by atoms with E-state index < -0.39 is 0 Å². The van der Waals surface area contributed by atoms with Gasteiger partial charge >= 0.3 is 0 Å². The maximum atomic E-state index is 12.3. The largest absolute Gasteiger partial charge is 0.493 e. The maximum Gasteiger partial charge on any atom is 0.250 e. The van der Waals surface area contributed by atoms with E-state index in [4.69, 9.17) is 27.9 Å². The first-order chi connectivity index (χ1) is 15.4. The lowest BCUT2D eigenvalue weighted by Gasteiger charge is -2.26. The predicted octanol–water partition coefficient (Wildman–Crippen LogP) is 5.73. The van der Waals surface area contributed by atoms with Crippen LogP contribution in [0.5, 0.6) is 5.75 Å². The fraction of sp³-hybridized carbons (Fsp3) is 0.174. The van der Waals surface area contributed by atoms with Gasteiger partial charge in [-0.25, -0.2) is 4.98 Å². The molecule has 0 aliphatic carbocycles. The Morgan fingerprint density at radius 2 is 2.03 bits per heavy atom. The second-order valence-corrected chi connectivity index (χ2v) is 8.85. The third-order valence-electron chi connectivity index (χ3n) is 4.83. The summed E-state index contributed by atoms with van der Waals surface area (Å²) in [4.78, 5) is 28.3. The molecule has 9 heteroatoms. The number of nitrogens with one attached hydrogen (secondary N) is 2. The van der Waals surface area contributed by atoms with Crippen molar-refractivity contribution in [3.8, 4) is 17.0 Å². The van der Waals surface area contributed by atoms with Gasteiger partial charge in [0.1, 0.15) is 5.75 Å². The van der Waals surface area contributed by atoms with Crippen LogP contribution >= 0.6 is 34.5 Å². The Labute approximate surface area is 199 Å². The van der Waals surface area contributed by atoms with E-state index in [1.165, 1.54) is 24.3 Å². The van der Waals surface area contributed by atoms with E-state index in [0.717, 1.165) is 28.1 Å². The standard InChI is InChI=1S/C23H19Cl2N3O3S/c1-13(29)26-19-8-9-31-21-6-4-15(11-16(19)21)20-12-32-23(27-20)28-22(30)7-3-14-2-5-17(24)18(25)10-14/h2-7,10-12,19H,8-9H2,1H3,(H,26,29)(H,27,28,30)/b7-3+. The number of ether oxygens (including phenoxy) is 1. The molecule has 1 atom stereocenters. The lowest BCUT2D eigenvalue weighted by molar-refractivity contribution is -0.119. The topological polar surface area (TPSA) is 80.3 Å². The van der Waals surface area contributed by atoms with Crippen molar-refractivity contribution in [1.29, 1.82) is 0 Å². The van der Waals surface area contributed by atoms with Crippen LogP contribution in [0.3, 0.4) is 0 Å². The van der Waals surface area contributed by atoms with Gasteiger partial charge in [-0.1, -0.05) is 29.3 Å². The average molecular weight is 488 g/mol. The number of fused-ring (bicyclic) bond motifs is 1. The predicted molar refractivity (Wildman–Crippen MR) is 128 cm³/mol. The van der Waals surface area contributed by atoms with Crippen molar-refractivity contribution in [1.82, 2.24) is 10.3 Å². The molecule has 1 aromatic heterocycles. The molecule has 0 fully saturated rings. The number of nitrogens with zero attached hydrogens (tertiary/aromatic N) is 1. The Bertz CT molecular complexity index is 1210. The van der Waals surface area contributed by atoms with Crippen LogP contribution in [0.25, 0.3) is 17.3 Å². The lowest BCUT2D eigenvalue weighted by atomic mass is 9.97. The van der Waals surface area contributed by atoms with Crippen LogP contribution in [0.1, 0.15) is 30.5 Å². The Morgan fingerprint density at radius 1 is 1.19 bits per heavy atom. The first-order valence-electron chi connectivity index (χ1n) is 9.83. The van der Waals surface area contributed by atoms with Gasteiger partial charge in [0.2, 0.25) is 11.8 Å². The molecule has 3 aromatic rings. The molecule has 4 rings (SSSR count). The Morgan fingerprint density at radius 3 is 2.81 bits per heavy atom. The fourth-order valence-electron chi connectivity index (χ4n) is 3.35. The highest BCUT2D eigenvalue weighted by molar-refractivity contribution is 7.14. The normalized spacial score (nSPS) is 15.2. The molecule has 0 saturated carbocycles. The molecule has 0 radical (unpaired) electrons. The number of aromatic nitrogens is 1. The number of hydrogen-bond donors (Lipinski definition) is 2. The Kier molecular flexibility index (Phi) is 6.79. The van der Waals surface area contributed by atoms with Crippen LogP contribution in [-0.2, 0) is 9.59 Å². The van der Waals surface area contributed by atoms with Crippen molar-refractivity contribution < 1.29 is 14.3 Å².